The Hall–Kier alpha value is -3.34. The van der Waals surface area contributed by atoms with Crippen LogP contribution in [0.2, 0.25) is 0 Å². The molecule has 0 atom stereocenters. The Morgan fingerprint density at radius 1 is 1.07 bits per heavy atom. The van der Waals surface area contributed by atoms with Crippen molar-refractivity contribution >= 4 is 16.9 Å². The van der Waals surface area contributed by atoms with E-state index in [1.807, 2.05) is 56.3 Å². The van der Waals surface area contributed by atoms with Crippen LogP contribution < -0.4 is 5.32 Å². The first-order valence-corrected chi connectivity index (χ1v) is 9.46. The molecule has 5 nitrogen and oxygen atoms in total. The van der Waals surface area contributed by atoms with E-state index in [9.17, 15) is 4.79 Å². The highest BCUT2D eigenvalue weighted by Crippen LogP contribution is 2.22. The zero-order valence-electron chi connectivity index (χ0n) is 16.1. The first kappa shape index (κ1) is 18.0. The fourth-order valence-corrected chi connectivity index (χ4v) is 3.48. The standard InChI is InChI=1S/C23H23N3O2/c1-16-14-18(17(2)28-16)15-24-23(27)13-12-22-25-20-10-6-7-11-21(20)26(22)19-8-4-3-5-9-19/h3-11,14H,12-13,15H2,1-2H3,(H,24,27). The van der Waals surface area contributed by atoms with Crippen molar-refractivity contribution in [2.75, 3.05) is 0 Å². The van der Waals surface area contributed by atoms with E-state index in [4.69, 9.17) is 9.40 Å². The van der Waals surface area contributed by atoms with E-state index in [0.717, 1.165) is 39.6 Å². The number of nitrogens with zero attached hydrogens (tertiary/aromatic N) is 2. The molecule has 0 radical (unpaired) electrons. The zero-order valence-corrected chi connectivity index (χ0v) is 16.1. The summed E-state index contributed by atoms with van der Waals surface area (Å²) in [5, 5.41) is 2.98. The van der Waals surface area contributed by atoms with Crippen LogP contribution in [0.1, 0.15) is 29.3 Å². The molecule has 0 saturated heterocycles. The van der Waals surface area contributed by atoms with Crippen molar-refractivity contribution in [3.63, 3.8) is 0 Å². The number of amides is 1. The summed E-state index contributed by atoms with van der Waals surface area (Å²) in [5.41, 5.74) is 4.05. The van der Waals surface area contributed by atoms with E-state index < -0.39 is 0 Å². The second-order valence-corrected chi connectivity index (χ2v) is 6.90. The minimum absolute atomic E-state index is 0.00456. The normalized spacial score (nSPS) is 11.1. The average molecular weight is 373 g/mol. The summed E-state index contributed by atoms with van der Waals surface area (Å²) in [6, 6.07) is 20.1. The molecule has 4 aromatic rings. The van der Waals surface area contributed by atoms with Gasteiger partial charge in [-0.05, 0) is 44.2 Å². The first-order chi connectivity index (χ1) is 13.6. The number of nitrogens with one attached hydrogen (secondary N) is 1. The highest BCUT2D eigenvalue weighted by Gasteiger charge is 2.14. The van der Waals surface area contributed by atoms with Gasteiger partial charge in [-0.1, -0.05) is 30.3 Å². The van der Waals surface area contributed by atoms with Crippen molar-refractivity contribution in [2.45, 2.75) is 33.2 Å². The third kappa shape index (κ3) is 3.69. The van der Waals surface area contributed by atoms with E-state index in [1.54, 1.807) is 0 Å². The summed E-state index contributed by atoms with van der Waals surface area (Å²) in [7, 11) is 0. The molecule has 2 heterocycles. The predicted octanol–water partition coefficient (Wildman–Crippen LogP) is 4.48. The molecule has 2 aromatic heterocycles. The quantitative estimate of drug-likeness (QED) is 0.542. The van der Waals surface area contributed by atoms with Crippen LogP contribution in [0.15, 0.2) is 65.1 Å². The average Bonchev–Trinajstić information content (AvgIpc) is 3.24. The first-order valence-electron chi connectivity index (χ1n) is 9.46. The second kappa shape index (κ2) is 7.72. The maximum Gasteiger partial charge on any atom is 0.220 e. The van der Waals surface area contributed by atoms with E-state index in [0.29, 0.717) is 19.4 Å². The van der Waals surface area contributed by atoms with E-state index in [2.05, 4.69) is 28.1 Å². The van der Waals surface area contributed by atoms with Crippen molar-refractivity contribution in [3.8, 4) is 5.69 Å². The number of imidazole rings is 1. The van der Waals surface area contributed by atoms with Crippen LogP contribution >= 0.6 is 0 Å². The molecule has 0 fully saturated rings. The highest BCUT2D eigenvalue weighted by molar-refractivity contribution is 5.79. The van der Waals surface area contributed by atoms with E-state index >= 15 is 0 Å². The smallest absolute Gasteiger partial charge is 0.220 e. The highest BCUT2D eigenvalue weighted by atomic mass is 16.3. The third-order valence-corrected chi connectivity index (χ3v) is 4.84. The van der Waals surface area contributed by atoms with Crippen LogP contribution in [0.25, 0.3) is 16.7 Å². The third-order valence-electron chi connectivity index (χ3n) is 4.84. The van der Waals surface area contributed by atoms with E-state index in [-0.39, 0.29) is 5.91 Å². The lowest BCUT2D eigenvalue weighted by Crippen LogP contribution is -2.23. The van der Waals surface area contributed by atoms with Crippen molar-refractivity contribution in [1.29, 1.82) is 0 Å². The lowest BCUT2D eigenvalue weighted by atomic mass is 10.2. The lowest BCUT2D eigenvalue weighted by molar-refractivity contribution is -0.121. The summed E-state index contributed by atoms with van der Waals surface area (Å²) in [5.74, 6) is 2.60. The van der Waals surface area contributed by atoms with Gasteiger partial charge in [0.25, 0.3) is 0 Å². The van der Waals surface area contributed by atoms with Gasteiger partial charge in [-0.2, -0.15) is 0 Å². The van der Waals surface area contributed by atoms with Crippen molar-refractivity contribution < 1.29 is 9.21 Å². The Labute approximate surface area is 164 Å². The van der Waals surface area contributed by atoms with Gasteiger partial charge in [-0.25, -0.2) is 4.98 Å². The molecule has 2 aromatic carbocycles. The summed E-state index contributed by atoms with van der Waals surface area (Å²) in [6.07, 6.45) is 0.949. The van der Waals surface area contributed by atoms with Crippen LogP contribution in [0.4, 0.5) is 0 Å². The number of para-hydroxylation sites is 3. The number of aromatic nitrogens is 2. The molecule has 0 aliphatic rings. The number of benzene rings is 2. The van der Waals surface area contributed by atoms with Gasteiger partial charge in [0.1, 0.15) is 17.3 Å². The number of furan rings is 1. The number of carbonyl (C=O) groups is 1. The number of aryl methyl sites for hydroxylation is 3. The number of carbonyl (C=O) groups excluding carboxylic acids is 1. The van der Waals surface area contributed by atoms with E-state index in [1.165, 1.54) is 0 Å². The lowest BCUT2D eigenvalue weighted by Gasteiger charge is -2.09. The number of rotatable bonds is 6. The van der Waals surface area contributed by atoms with Crippen LogP contribution in [0.5, 0.6) is 0 Å². The second-order valence-electron chi connectivity index (χ2n) is 6.90. The molecule has 1 N–H and O–H groups in total. The van der Waals surface area contributed by atoms with Crippen molar-refractivity contribution in [1.82, 2.24) is 14.9 Å². The molecule has 0 unspecified atom stereocenters. The molecule has 0 aliphatic carbocycles. The largest absolute Gasteiger partial charge is 0.466 e. The molecular formula is C23H23N3O2. The molecule has 0 bridgehead atoms. The molecule has 5 heteroatoms. The van der Waals surface area contributed by atoms with Gasteiger partial charge in [0.15, 0.2) is 0 Å². The summed E-state index contributed by atoms with van der Waals surface area (Å²) < 4.78 is 7.64. The molecule has 0 aliphatic heterocycles. The number of fused-ring (bicyclic) bond motifs is 1. The number of hydrogen-bond acceptors (Lipinski definition) is 3. The Balaban J connectivity index is 1.50. The van der Waals surface area contributed by atoms with Gasteiger partial charge in [-0.15, -0.1) is 0 Å². The maximum atomic E-state index is 12.4. The summed E-state index contributed by atoms with van der Waals surface area (Å²) in [6.45, 7) is 4.31. The van der Waals surface area contributed by atoms with Gasteiger partial charge in [0, 0.05) is 30.6 Å². The van der Waals surface area contributed by atoms with Crippen LogP contribution in [-0.4, -0.2) is 15.5 Å². The topological polar surface area (TPSA) is 60.1 Å². The maximum absolute atomic E-state index is 12.4. The summed E-state index contributed by atoms with van der Waals surface area (Å²) in [4.78, 5) is 17.2. The summed E-state index contributed by atoms with van der Waals surface area (Å²) >= 11 is 0. The van der Waals surface area contributed by atoms with Gasteiger partial charge in [0.2, 0.25) is 5.91 Å². The van der Waals surface area contributed by atoms with Crippen LogP contribution in [0, 0.1) is 13.8 Å². The molecule has 142 valence electrons. The Morgan fingerprint density at radius 2 is 1.82 bits per heavy atom. The Bertz CT molecular complexity index is 1110. The molecule has 28 heavy (non-hydrogen) atoms. The molecule has 4 rings (SSSR count). The molecule has 1 amide bonds. The van der Waals surface area contributed by atoms with Gasteiger partial charge in [-0.3, -0.25) is 9.36 Å². The minimum atomic E-state index is 0.00456. The molecule has 0 saturated carbocycles. The van der Waals surface area contributed by atoms with Gasteiger partial charge in [0.05, 0.1) is 11.0 Å². The van der Waals surface area contributed by atoms with Crippen molar-refractivity contribution in [2.24, 2.45) is 0 Å². The number of hydrogen-bond donors (Lipinski definition) is 1. The van der Waals surface area contributed by atoms with Crippen LogP contribution in [0.3, 0.4) is 0 Å². The Morgan fingerprint density at radius 3 is 2.57 bits per heavy atom. The fraction of sp³-hybridized carbons (Fsp3) is 0.217. The predicted molar refractivity (Wildman–Crippen MR) is 109 cm³/mol. The van der Waals surface area contributed by atoms with Gasteiger partial charge >= 0.3 is 0 Å². The monoisotopic (exact) mass is 373 g/mol. The molecular weight excluding hydrogens is 350 g/mol. The fourth-order valence-electron chi connectivity index (χ4n) is 3.48. The van der Waals surface area contributed by atoms with Gasteiger partial charge < -0.3 is 9.73 Å². The Kier molecular flexibility index (Phi) is 4.98. The minimum Gasteiger partial charge on any atom is -0.466 e. The zero-order chi connectivity index (χ0) is 19.5. The SMILES string of the molecule is Cc1cc(CNC(=O)CCc2nc3ccccc3n2-c2ccccc2)c(C)o1. The van der Waals surface area contributed by atoms with Crippen molar-refractivity contribution in [3.05, 3.63) is 83.6 Å². The molecule has 0 spiro atoms. The van der Waals surface area contributed by atoms with Crippen LogP contribution in [-0.2, 0) is 17.8 Å².